The molecule has 1 aromatic heterocycles. The minimum Gasteiger partial charge on any atom is -0.348 e. The number of nitrogens with one attached hydrogen (secondary N) is 2. The molecular formula is C18H23BrN4O. The largest absolute Gasteiger partial charge is 0.348 e. The fraction of sp³-hybridized carbons (Fsp3) is 0.444. The first-order chi connectivity index (χ1) is 11.5. The van der Waals surface area contributed by atoms with Crippen molar-refractivity contribution < 1.29 is 4.79 Å². The van der Waals surface area contributed by atoms with E-state index in [1.807, 2.05) is 30.7 Å². The predicted octanol–water partition coefficient (Wildman–Crippen LogP) is 2.79. The number of benzene rings is 1. The van der Waals surface area contributed by atoms with E-state index in [1.165, 1.54) is 0 Å². The Labute approximate surface area is 151 Å². The molecule has 3 rings (SSSR count). The molecule has 0 saturated carbocycles. The van der Waals surface area contributed by atoms with Crippen LogP contribution in [0.15, 0.2) is 28.7 Å². The smallest absolute Gasteiger partial charge is 0.255 e. The van der Waals surface area contributed by atoms with Gasteiger partial charge in [0.15, 0.2) is 0 Å². The van der Waals surface area contributed by atoms with E-state index in [4.69, 9.17) is 0 Å². The van der Waals surface area contributed by atoms with Gasteiger partial charge >= 0.3 is 0 Å². The second-order valence-electron chi connectivity index (χ2n) is 6.35. The highest BCUT2D eigenvalue weighted by Gasteiger charge is 2.22. The molecule has 0 bridgehead atoms. The summed E-state index contributed by atoms with van der Waals surface area (Å²) in [4.78, 5) is 12.7. The highest BCUT2D eigenvalue weighted by atomic mass is 79.9. The summed E-state index contributed by atoms with van der Waals surface area (Å²) in [5, 5.41) is 11.0. The van der Waals surface area contributed by atoms with Crippen LogP contribution in [0.5, 0.6) is 0 Å². The number of carbonyl (C=O) groups is 1. The fourth-order valence-electron chi connectivity index (χ4n) is 3.22. The zero-order valence-corrected chi connectivity index (χ0v) is 15.7. The summed E-state index contributed by atoms with van der Waals surface area (Å²) < 4.78 is 2.95. The molecule has 0 radical (unpaired) electrons. The quantitative estimate of drug-likeness (QED) is 0.843. The van der Waals surface area contributed by atoms with E-state index < -0.39 is 0 Å². The summed E-state index contributed by atoms with van der Waals surface area (Å²) in [5.74, 6) is -0.0146. The molecule has 2 heterocycles. The average Bonchev–Trinajstić information content (AvgIpc) is 2.82. The molecule has 1 atom stereocenters. The molecule has 1 aromatic carbocycles. The van der Waals surface area contributed by atoms with Crippen LogP contribution < -0.4 is 10.6 Å². The van der Waals surface area contributed by atoms with Crippen LogP contribution in [0.3, 0.4) is 0 Å². The van der Waals surface area contributed by atoms with Crippen LogP contribution in [0.25, 0.3) is 0 Å². The topological polar surface area (TPSA) is 59.0 Å². The van der Waals surface area contributed by atoms with Gasteiger partial charge < -0.3 is 10.6 Å². The van der Waals surface area contributed by atoms with Gasteiger partial charge in [0, 0.05) is 22.8 Å². The SMILES string of the molecule is Cc1nn(Cc2cccc(Br)c2)c(C)c1C(=O)NC1CCCNC1. The third-order valence-electron chi connectivity index (χ3n) is 4.46. The van der Waals surface area contributed by atoms with Crippen molar-refractivity contribution >= 4 is 21.8 Å². The third kappa shape index (κ3) is 3.87. The van der Waals surface area contributed by atoms with Crippen molar-refractivity contribution in [3.63, 3.8) is 0 Å². The van der Waals surface area contributed by atoms with E-state index in [9.17, 15) is 4.79 Å². The Morgan fingerprint density at radius 1 is 1.46 bits per heavy atom. The summed E-state index contributed by atoms with van der Waals surface area (Å²) in [6.45, 7) is 6.40. The van der Waals surface area contributed by atoms with Crippen molar-refractivity contribution in [1.29, 1.82) is 0 Å². The molecule has 1 fully saturated rings. The fourth-order valence-corrected chi connectivity index (χ4v) is 3.67. The van der Waals surface area contributed by atoms with Crippen LogP contribution in [0.2, 0.25) is 0 Å². The normalized spacial score (nSPS) is 17.7. The maximum atomic E-state index is 12.7. The van der Waals surface area contributed by atoms with Gasteiger partial charge in [0.25, 0.3) is 5.91 Å². The Morgan fingerprint density at radius 3 is 3.00 bits per heavy atom. The summed E-state index contributed by atoms with van der Waals surface area (Å²) in [5.41, 5.74) is 3.55. The Hall–Kier alpha value is -1.66. The van der Waals surface area contributed by atoms with Crippen LogP contribution in [-0.2, 0) is 6.54 Å². The lowest BCUT2D eigenvalue weighted by atomic mass is 10.1. The standard InChI is InChI=1S/C18H23BrN4O/c1-12-17(18(24)21-16-7-4-8-20-10-16)13(2)23(22-12)11-14-5-3-6-15(19)9-14/h3,5-6,9,16,20H,4,7-8,10-11H2,1-2H3,(H,21,24). The van der Waals surface area contributed by atoms with Gasteiger partial charge in [-0.2, -0.15) is 5.10 Å². The zero-order valence-electron chi connectivity index (χ0n) is 14.1. The third-order valence-corrected chi connectivity index (χ3v) is 4.96. The van der Waals surface area contributed by atoms with E-state index in [0.717, 1.165) is 47.4 Å². The Morgan fingerprint density at radius 2 is 2.29 bits per heavy atom. The van der Waals surface area contributed by atoms with E-state index in [1.54, 1.807) is 0 Å². The number of aromatic nitrogens is 2. The number of amides is 1. The number of rotatable bonds is 4. The summed E-state index contributed by atoms with van der Waals surface area (Å²) in [6, 6.07) is 8.35. The van der Waals surface area contributed by atoms with Gasteiger partial charge in [0.1, 0.15) is 0 Å². The van der Waals surface area contributed by atoms with Gasteiger partial charge in [-0.25, -0.2) is 0 Å². The highest BCUT2D eigenvalue weighted by Crippen LogP contribution is 2.17. The minimum atomic E-state index is -0.0146. The van der Waals surface area contributed by atoms with Crippen LogP contribution in [0.4, 0.5) is 0 Å². The number of hydrogen-bond donors (Lipinski definition) is 2. The maximum absolute atomic E-state index is 12.7. The number of aryl methyl sites for hydroxylation is 1. The van der Waals surface area contributed by atoms with Crippen molar-refractivity contribution in [1.82, 2.24) is 20.4 Å². The van der Waals surface area contributed by atoms with E-state index >= 15 is 0 Å². The van der Waals surface area contributed by atoms with Crippen LogP contribution >= 0.6 is 15.9 Å². The van der Waals surface area contributed by atoms with Gasteiger partial charge in [-0.05, 0) is 50.9 Å². The highest BCUT2D eigenvalue weighted by molar-refractivity contribution is 9.10. The maximum Gasteiger partial charge on any atom is 0.255 e. The van der Waals surface area contributed by atoms with Crippen molar-refractivity contribution in [2.75, 3.05) is 13.1 Å². The lowest BCUT2D eigenvalue weighted by molar-refractivity contribution is 0.0929. The second kappa shape index (κ2) is 7.49. The second-order valence-corrected chi connectivity index (χ2v) is 7.27. The molecule has 5 nitrogen and oxygen atoms in total. The number of carbonyl (C=O) groups excluding carboxylic acids is 1. The molecule has 2 aromatic rings. The van der Waals surface area contributed by atoms with Gasteiger partial charge in [-0.3, -0.25) is 9.48 Å². The molecule has 1 aliphatic heterocycles. The van der Waals surface area contributed by atoms with Crippen LogP contribution in [0, 0.1) is 13.8 Å². The Kier molecular flexibility index (Phi) is 5.36. The average molecular weight is 391 g/mol. The first-order valence-electron chi connectivity index (χ1n) is 8.34. The molecule has 1 aliphatic rings. The van der Waals surface area contributed by atoms with Crippen LogP contribution in [0.1, 0.15) is 40.2 Å². The molecule has 24 heavy (non-hydrogen) atoms. The predicted molar refractivity (Wildman–Crippen MR) is 98.3 cm³/mol. The minimum absolute atomic E-state index is 0.0146. The molecule has 0 spiro atoms. The van der Waals surface area contributed by atoms with Gasteiger partial charge in [0.2, 0.25) is 0 Å². The van der Waals surface area contributed by atoms with Crippen molar-refractivity contribution in [3.8, 4) is 0 Å². The lowest BCUT2D eigenvalue weighted by Gasteiger charge is -2.23. The molecule has 6 heteroatoms. The Bertz CT molecular complexity index is 735. The molecule has 1 saturated heterocycles. The number of hydrogen-bond acceptors (Lipinski definition) is 3. The summed E-state index contributed by atoms with van der Waals surface area (Å²) >= 11 is 3.49. The Balaban J connectivity index is 1.77. The molecule has 0 aliphatic carbocycles. The molecule has 128 valence electrons. The number of halogens is 1. The van der Waals surface area contributed by atoms with Gasteiger partial charge in [-0.15, -0.1) is 0 Å². The lowest BCUT2D eigenvalue weighted by Crippen LogP contribution is -2.45. The molecule has 2 N–H and O–H groups in total. The van der Waals surface area contributed by atoms with Crippen molar-refractivity contribution in [2.45, 2.75) is 39.3 Å². The molecular weight excluding hydrogens is 368 g/mol. The monoisotopic (exact) mass is 390 g/mol. The van der Waals surface area contributed by atoms with E-state index in [-0.39, 0.29) is 11.9 Å². The van der Waals surface area contributed by atoms with Crippen LogP contribution in [-0.4, -0.2) is 34.8 Å². The van der Waals surface area contributed by atoms with Gasteiger partial charge in [-0.1, -0.05) is 28.1 Å². The first-order valence-corrected chi connectivity index (χ1v) is 9.14. The first kappa shape index (κ1) is 17.2. The van der Waals surface area contributed by atoms with Crippen molar-refractivity contribution in [3.05, 3.63) is 51.3 Å². The summed E-state index contributed by atoms with van der Waals surface area (Å²) in [7, 11) is 0. The van der Waals surface area contributed by atoms with Crippen molar-refractivity contribution in [2.24, 2.45) is 0 Å². The number of nitrogens with zero attached hydrogens (tertiary/aromatic N) is 2. The number of piperidine rings is 1. The van der Waals surface area contributed by atoms with Gasteiger partial charge in [0.05, 0.1) is 17.8 Å². The van der Waals surface area contributed by atoms with E-state index in [0.29, 0.717) is 12.1 Å². The zero-order chi connectivity index (χ0) is 17.1. The van der Waals surface area contributed by atoms with E-state index in [2.05, 4.69) is 43.8 Å². The summed E-state index contributed by atoms with van der Waals surface area (Å²) in [6.07, 6.45) is 2.13. The molecule has 1 unspecified atom stereocenters. The molecule has 1 amide bonds.